The van der Waals surface area contributed by atoms with Crippen LogP contribution in [0.25, 0.3) is 0 Å². The predicted octanol–water partition coefficient (Wildman–Crippen LogP) is 2.53. The van der Waals surface area contributed by atoms with Gasteiger partial charge in [-0.1, -0.05) is 36.4 Å². The lowest BCUT2D eigenvalue weighted by molar-refractivity contribution is -0.0741. The molecule has 1 rings (SSSR count). The molecule has 0 amide bonds. The van der Waals surface area contributed by atoms with E-state index in [4.69, 9.17) is 4.74 Å². The topological polar surface area (TPSA) is 29.5 Å². The molecule has 0 radical (unpaired) electrons. The maximum atomic E-state index is 9.22. The highest BCUT2D eigenvalue weighted by molar-refractivity contribution is 5.13. The molecule has 1 N–H and O–H groups in total. The summed E-state index contributed by atoms with van der Waals surface area (Å²) in [6.07, 6.45) is 2.41. The lowest BCUT2D eigenvalue weighted by Gasteiger charge is -2.26. The number of hydrogen-bond acceptors (Lipinski definition) is 2. The van der Waals surface area contributed by atoms with Gasteiger partial charge < -0.3 is 9.84 Å². The van der Waals surface area contributed by atoms with Crippen molar-refractivity contribution in [3.05, 3.63) is 48.6 Å². The number of aliphatic hydroxyl groups excluding tert-OH is 1. The summed E-state index contributed by atoms with van der Waals surface area (Å²) in [6, 6.07) is 9.93. The first kappa shape index (κ1) is 12.0. The Kier molecular flexibility index (Phi) is 4.53. The highest BCUT2D eigenvalue weighted by Crippen LogP contribution is 2.17. The smallest absolute Gasteiger partial charge is 0.0922 e. The summed E-state index contributed by atoms with van der Waals surface area (Å²) >= 11 is 0. The summed E-state index contributed by atoms with van der Waals surface area (Å²) in [4.78, 5) is 0. The van der Waals surface area contributed by atoms with Crippen LogP contribution < -0.4 is 0 Å². The van der Waals surface area contributed by atoms with E-state index in [1.54, 1.807) is 6.08 Å². The van der Waals surface area contributed by atoms with E-state index in [2.05, 4.69) is 6.58 Å². The normalized spacial score (nSPS) is 14.5. The molecular formula is C13H18O2. The van der Waals surface area contributed by atoms with Gasteiger partial charge in [0, 0.05) is 0 Å². The van der Waals surface area contributed by atoms with Crippen LogP contribution in [0.2, 0.25) is 0 Å². The Bertz CT molecular complexity index is 295. The molecule has 15 heavy (non-hydrogen) atoms. The number of aliphatic hydroxyl groups is 1. The van der Waals surface area contributed by atoms with Crippen molar-refractivity contribution in [1.82, 2.24) is 0 Å². The van der Waals surface area contributed by atoms with Crippen LogP contribution >= 0.6 is 0 Å². The zero-order chi connectivity index (χ0) is 11.1. The largest absolute Gasteiger partial charge is 0.393 e. The van der Waals surface area contributed by atoms with Gasteiger partial charge in [0.25, 0.3) is 0 Å². The van der Waals surface area contributed by atoms with Gasteiger partial charge >= 0.3 is 0 Å². The molecule has 0 saturated heterocycles. The second kappa shape index (κ2) is 5.69. The average molecular weight is 206 g/mol. The van der Waals surface area contributed by atoms with E-state index in [1.807, 2.05) is 37.3 Å². The minimum absolute atomic E-state index is 0.00581. The fourth-order valence-electron chi connectivity index (χ4n) is 1.31. The Labute approximate surface area is 91.2 Å². The summed E-state index contributed by atoms with van der Waals surface area (Å²) in [5, 5.41) is 9.22. The summed E-state index contributed by atoms with van der Waals surface area (Å²) < 4.78 is 5.68. The van der Waals surface area contributed by atoms with Crippen LogP contribution in [0.1, 0.15) is 18.9 Å². The van der Waals surface area contributed by atoms with Crippen molar-refractivity contribution in [2.75, 3.05) is 6.61 Å². The molecule has 1 aromatic carbocycles. The van der Waals surface area contributed by atoms with Gasteiger partial charge in [0.2, 0.25) is 0 Å². The number of rotatable bonds is 6. The molecular weight excluding hydrogens is 188 g/mol. The average Bonchev–Trinajstić information content (AvgIpc) is 2.28. The van der Waals surface area contributed by atoms with Gasteiger partial charge in [-0.2, -0.15) is 0 Å². The van der Waals surface area contributed by atoms with Crippen molar-refractivity contribution in [2.45, 2.75) is 25.6 Å². The molecule has 0 aliphatic rings. The third kappa shape index (κ3) is 3.86. The molecule has 82 valence electrons. The van der Waals surface area contributed by atoms with Crippen LogP contribution in [0.4, 0.5) is 0 Å². The SMILES string of the molecule is C=CC[C@@](C)(CO)OCc1ccccc1. The van der Waals surface area contributed by atoms with E-state index in [-0.39, 0.29) is 6.61 Å². The quantitative estimate of drug-likeness (QED) is 0.725. The maximum absolute atomic E-state index is 9.22. The van der Waals surface area contributed by atoms with Gasteiger partial charge in [-0.15, -0.1) is 6.58 Å². The fraction of sp³-hybridized carbons (Fsp3) is 0.385. The Hall–Kier alpha value is -1.12. The van der Waals surface area contributed by atoms with E-state index < -0.39 is 5.60 Å². The van der Waals surface area contributed by atoms with Crippen LogP contribution in [-0.2, 0) is 11.3 Å². The van der Waals surface area contributed by atoms with Gasteiger partial charge in [0.05, 0.1) is 18.8 Å². The van der Waals surface area contributed by atoms with E-state index >= 15 is 0 Å². The summed E-state index contributed by atoms with van der Waals surface area (Å²) in [7, 11) is 0. The van der Waals surface area contributed by atoms with Gasteiger partial charge in [-0.25, -0.2) is 0 Å². The van der Waals surface area contributed by atoms with Crippen LogP contribution in [0.5, 0.6) is 0 Å². The molecule has 1 aromatic rings. The van der Waals surface area contributed by atoms with Crippen molar-refractivity contribution < 1.29 is 9.84 Å². The molecule has 0 heterocycles. The standard InChI is InChI=1S/C13H18O2/c1-3-9-13(2,11-14)15-10-12-7-5-4-6-8-12/h3-8,14H,1,9-11H2,2H3/t13-/m0/s1. The molecule has 0 aliphatic carbocycles. The Morgan fingerprint density at radius 1 is 1.40 bits per heavy atom. The van der Waals surface area contributed by atoms with Crippen molar-refractivity contribution in [2.24, 2.45) is 0 Å². The van der Waals surface area contributed by atoms with Crippen LogP contribution in [0.15, 0.2) is 43.0 Å². The van der Waals surface area contributed by atoms with Crippen molar-refractivity contribution in [1.29, 1.82) is 0 Å². The third-order valence-corrected chi connectivity index (χ3v) is 2.34. The molecule has 0 saturated carbocycles. The molecule has 0 bridgehead atoms. The Balaban J connectivity index is 2.51. The monoisotopic (exact) mass is 206 g/mol. The van der Waals surface area contributed by atoms with Crippen LogP contribution in [-0.4, -0.2) is 17.3 Å². The molecule has 1 atom stereocenters. The molecule has 0 aliphatic heterocycles. The van der Waals surface area contributed by atoms with E-state index in [0.29, 0.717) is 13.0 Å². The van der Waals surface area contributed by atoms with Crippen LogP contribution in [0, 0.1) is 0 Å². The summed E-state index contributed by atoms with van der Waals surface area (Å²) in [6.45, 7) is 6.07. The Morgan fingerprint density at radius 3 is 2.60 bits per heavy atom. The molecule has 0 fully saturated rings. The van der Waals surface area contributed by atoms with Gasteiger partial charge in [0.1, 0.15) is 0 Å². The van der Waals surface area contributed by atoms with Crippen molar-refractivity contribution in [3.8, 4) is 0 Å². The van der Waals surface area contributed by atoms with Crippen molar-refractivity contribution >= 4 is 0 Å². The predicted molar refractivity (Wildman–Crippen MR) is 61.5 cm³/mol. The van der Waals surface area contributed by atoms with E-state index in [0.717, 1.165) is 5.56 Å². The molecule has 0 spiro atoms. The maximum Gasteiger partial charge on any atom is 0.0922 e. The fourth-order valence-corrected chi connectivity index (χ4v) is 1.31. The highest BCUT2D eigenvalue weighted by atomic mass is 16.5. The molecule has 0 aromatic heterocycles. The number of ether oxygens (including phenoxy) is 1. The minimum atomic E-state index is -0.516. The van der Waals surface area contributed by atoms with Crippen molar-refractivity contribution in [3.63, 3.8) is 0 Å². The first-order valence-corrected chi connectivity index (χ1v) is 5.10. The first-order valence-electron chi connectivity index (χ1n) is 5.10. The number of hydrogen-bond donors (Lipinski definition) is 1. The molecule has 2 nitrogen and oxygen atoms in total. The second-order valence-electron chi connectivity index (χ2n) is 3.88. The lowest BCUT2D eigenvalue weighted by atomic mass is 10.0. The number of benzene rings is 1. The minimum Gasteiger partial charge on any atom is -0.393 e. The van der Waals surface area contributed by atoms with Crippen LogP contribution in [0.3, 0.4) is 0 Å². The lowest BCUT2D eigenvalue weighted by Crippen LogP contribution is -2.32. The van der Waals surface area contributed by atoms with E-state index in [9.17, 15) is 5.11 Å². The van der Waals surface area contributed by atoms with Gasteiger partial charge in [-0.05, 0) is 18.9 Å². The summed E-state index contributed by atoms with van der Waals surface area (Å²) in [5.41, 5.74) is 0.596. The second-order valence-corrected chi connectivity index (χ2v) is 3.88. The summed E-state index contributed by atoms with van der Waals surface area (Å²) in [5.74, 6) is 0. The zero-order valence-electron chi connectivity index (χ0n) is 9.15. The first-order chi connectivity index (χ1) is 7.20. The molecule has 0 unspecified atom stereocenters. The zero-order valence-corrected chi connectivity index (χ0v) is 9.15. The highest BCUT2D eigenvalue weighted by Gasteiger charge is 2.22. The van der Waals surface area contributed by atoms with Gasteiger partial charge in [-0.3, -0.25) is 0 Å². The Morgan fingerprint density at radius 2 is 2.07 bits per heavy atom. The van der Waals surface area contributed by atoms with E-state index in [1.165, 1.54) is 0 Å². The molecule has 2 heteroatoms. The third-order valence-electron chi connectivity index (χ3n) is 2.34. The van der Waals surface area contributed by atoms with Gasteiger partial charge in [0.15, 0.2) is 0 Å².